The second-order valence-corrected chi connectivity index (χ2v) is 6.08. The lowest BCUT2D eigenvalue weighted by Crippen LogP contribution is -2.38. The van der Waals surface area contributed by atoms with Gasteiger partial charge in [-0.3, -0.25) is 4.99 Å². The van der Waals surface area contributed by atoms with Crippen LogP contribution in [0.15, 0.2) is 35.8 Å². The van der Waals surface area contributed by atoms with Gasteiger partial charge in [-0.1, -0.05) is 29.3 Å². The Morgan fingerprint density at radius 2 is 1.64 bits per heavy atom. The molecule has 6 nitrogen and oxygen atoms in total. The van der Waals surface area contributed by atoms with E-state index in [1.54, 1.807) is 12.7 Å². The van der Waals surface area contributed by atoms with Crippen molar-refractivity contribution in [1.82, 2.24) is 25.4 Å². The van der Waals surface area contributed by atoms with Gasteiger partial charge in [0.1, 0.15) is 12.7 Å². The van der Waals surface area contributed by atoms with Gasteiger partial charge >= 0.3 is 0 Å². The molecule has 0 saturated carbocycles. The lowest BCUT2D eigenvalue weighted by molar-refractivity contribution is 0.597. The molecule has 0 atom stereocenters. The van der Waals surface area contributed by atoms with Crippen LogP contribution < -0.4 is 10.6 Å². The molecule has 25 heavy (non-hydrogen) atoms. The molecule has 1 heterocycles. The number of nitrogens with one attached hydrogen (secondary N) is 2. The molecule has 0 unspecified atom stereocenters. The zero-order chi connectivity index (χ0) is 17.2. The summed E-state index contributed by atoms with van der Waals surface area (Å²) < 4.78 is 2.00. The highest BCUT2D eigenvalue weighted by Gasteiger charge is 2.00. The van der Waals surface area contributed by atoms with Gasteiger partial charge < -0.3 is 15.2 Å². The summed E-state index contributed by atoms with van der Waals surface area (Å²) in [7, 11) is 1.81. The number of unbranched alkanes of at least 4 members (excludes halogenated alkanes) is 1. The highest BCUT2D eigenvalue weighted by molar-refractivity contribution is 14.0. The molecule has 0 aliphatic rings. The summed E-state index contributed by atoms with van der Waals surface area (Å²) >= 11 is 0. The van der Waals surface area contributed by atoms with Crippen LogP contribution in [0, 0.1) is 13.8 Å². The van der Waals surface area contributed by atoms with E-state index >= 15 is 0 Å². The molecule has 0 spiro atoms. The number of aryl methyl sites for hydroxylation is 3. The highest BCUT2D eigenvalue weighted by atomic mass is 127. The van der Waals surface area contributed by atoms with Crippen LogP contribution in [0.2, 0.25) is 0 Å². The van der Waals surface area contributed by atoms with E-state index in [0.717, 1.165) is 44.9 Å². The fraction of sp³-hybridized carbons (Fsp3) is 0.500. The molecule has 7 heteroatoms. The fourth-order valence-corrected chi connectivity index (χ4v) is 2.72. The second-order valence-electron chi connectivity index (χ2n) is 6.08. The molecule has 0 radical (unpaired) electrons. The molecule has 0 fully saturated rings. The van der Waals surface area contributed by atoms with Gasteiger partial charge in [0.15, 0.2) is 5.96 Å². The Balaban J connectivity index is 0.00000312. The summed E-state index contributed by atoms with van der Waals surface area (Å²) in [6, 6.07) is 6.70. The zero-order valence-corrected chi connectivity index (χ0v) is 17.7. The van der Waals surface area contributed by atoms with Crippen LogP contribution in [0.4, 0.5) is 0 Å². The molecule has 0 aliphatic carbocycles. The number of hydrogen-bond acceptors (Lipinski definition) is 3. The third-order valence-corrected chi connectivity index (χ3v) is 3.81. The molecule has 138 valence electrons. The smallest absolute Gasteiger partial charge is 0.190 e. The molecular formula is C18H29IN6. The SMILES string of the molecule is CN=C(NCCCCn1cnnc1)NCCc1cc(C)cc(C)c1.I. The third-order valence-electron chi connectivity index (χ3n) is 3.81. The van der Waals surface area contributed by atoms with Gasteiger partial charge in [0.05, 0.1) is 0 Å². The van der Waals surface area contributed by atoms with E-state index in [1.165, 1.54) is 16.7 Å². The summed E-state index contributed by atoms with van der Waals surface area (Å²) in [5.74, 6) is 0.865. The minimum absolute atomic E-state index is 0. The van der Waals surface area contributed by atoms with Crippen molar-refractivity contribution in [1.29, 1.82) is 0 Å². The summed E-state index contributed by atoms with van der Waals surface area (Å²) in [6.45, 7) is 7.02. The summed E-state index contributed by atoms with van der Waals surface area (Å²) in [5, 5.41) is 14.3. The number of aliphatic imine (C=N–C) groups is 1. The highest BCUT2D eigenvalue weighted by Crippen LogP contribution is 2.08. The van der Waals surface area contributed by atoms with E-state index < -0.39 is 0 Å². The minimum atomic E-state index is 0. The molecular weight excluding hydrogens is 427 g/mol. The van der Waals surface area contributed by atoms with Crippen LogP contribution in [0.3, 0.4) is 0 Å². The first kappa shape index (κ1) is 21.4. The van der Waals surface area contributed by atoms with E-state index in [9.17, 15) is 0 Å². The van der Waals surface area contributed by atoms with E-state index in [4.69, 9.17) is 0 Å². The van der Waals surface area contributed by atoms with Crippen molar-refractivity contribution in [2.24, 2.45) is 4.99 Å². The molecule has 2 rings (SSSR count). The van der Waals surface area contributed by atoms with Crippen LogP contribution in [0.1, 0.15) is 29.5 Å². The third kappa shape index (κ3) is 8.33. The number of guanidine groups is 1. The average Bonchev–Trinajstić information content (AvgIpc) is 3.05. The number of rotatable bonds is 8. The number of halogens is 1. The first-order valence-electron chi connectivity index (χ1n) is 8.51. The van der Waals surface area contributed by atoms with Crippen LogP contribution in [-0.2, 0) is 13.0 Å². The Hall–Kier alpha value is -1.64. The Morgan fingerprint density at radius 1 is 1.00 bits per heavy atom. The standard InChI is InChI=1S/C18H28N6.HI/c1-15-10-16(2)12-17(11-15)6-8-21-18(19-3)20-7-4-5-9-24-13-22-23-14-24;/h10-14H,4-9H2,1-3H3,(H2,19,20,21);1H. The minimum Gasteiger partial charge on any atom is -0.356 e. The predicted octanol–water partition coefficient (Wildman–Crippen LogP) is 2.70. The molecule has 0 bridgehead atoms. The van der Waals surface area contributed by atoms with Gasteiger partial charge in [0.2, 0.25) is 0 Å². The van der Waals surface area contributed by atoms with Gasteiger partial charge in [-0.15, -0.1) is 34.2 Å². The zero-order valence-electron chi connectivity index (χ0n) is 15.3. The maximum atomic E-state index is 4.27. The summed E-state index contributed by atoms with van der Waals surface area (Å²) in [6.07, 6.45) is 6.67. The normalized spacial score (nSPS) is 11.1. The topological polar surface area (TPSA) is 67.1 Å². The molecule has 0 amide bonds. The maximum absolute atomic E-state index is 4.27. The van der Waals surface area contributed by atoms with E-state index in [-0.39, 0.29) is 24.0 Å². The Bertz CT molecular complexity index is 619. The Kier molecular flexibility index (Phi) is 10.1. The van der Waals surface area contributed by atoms with Crippen molar-refractivity contribution in [2.45, 2.75) is 39.7 Å². The van der Waals surface area contributed by atoms with Crippen LogP contribution >= 0.6 is 24.0 Å². The van der Waals surface area contributed by atoms with Crippen LogP contribution in [0.25, 0.3) is 0 Å². The van der Waals surface area contributed by atoms with Crippen molar-refractivity contribution in [2.75, 3.05) is 20.1 Å². The first-order chi connectivity index (χ1) is 11.7. The Morgan fingerprint density at radius 3 is 2.28 bits per heavy atom. The van der Waals surface area contributed by atoms with Gasteiger partial charge in [-0.25, -0.2) is 0 Å². The van der Waals surface area contributed by atoms with E-state index in [1.807, 2.05) is 11.6 Å². The van der Waals surface area contributed by atoms with E-state index in [0.29, 0.717) is 0 Å². The molecule has 2 N–H and O–H groups in total. The molecule has 2 aromatic rings. The first-order valence-corrected chi connectivity index (χ1v) is 8.51. The van der Waals surface area contributed by atoms with Gasteiger partial charge in [-0.2, -0.15) is 0 Å². The van der Waals surface area contributed by atoms with Gasteiger partial charge in [0, 0.05) is 26.7 Å². The van der Waals surface area contributed by atoms with Gasteiger partial charge in [-0.05, 0) is 38.7 Å². The second kappa shape index (κ2) is 11.8. The van der Waals surface area contributed by atoms with Crippen molar-refractivity contribution < 1.29 is 0 Å². The van der Waals surface area contributed by atoms with Crippen molar-refractivity contribution in [3.8, 4) is 0 Å². The Labute approximate surface area is 167 Å². The van der Waals surface area contributed by atoms with Crippen LogP contribution in [0.5, 0.6) is 0 Å². The van der Waals surface area contributed by atoms with Crippen molar-refractivity contribution in [3.05, 3.63) is 47.5 Å². The van der Waals surface area contributed by atoms with Crippen LogP contribution in [-0.4, -0.2) is 40.9 Å². The average molecular weight is 456 g/mol. The fourth-order valence-electron chi connectivity index (χ4n) is 2.72. The number of hydrogen-bond donors (Lipinski definition) is 2. The quantitative estimate of drug-likeness (QED) is 0.278. The predicted molar refractivity (Wildman–Crippen MR) is 114 cm³/mol. The molecule has 0 saturated heterocycles. The lowest BCUT2D eigenvalue weighted by atomic mass is 10.1. The summed E-state index contributed by atoms with van der Waals surface area (Å²) in [4.78, 5) is 4.27. The molecule has 0 aliphatic heterocycles. The number of aromatic nitrogens is 3. The number of benzene rings is 1. The lowest BCUT2D eigenvalue weighted by Gasteiger charge is -2.12. The van der Waals surface area contributed by atoms with E-state index in [2.05, 4.69) is 57.9 Å². The molecule has 1 aromatic heterocycles. The summed E-state index contributed by atoms with van der Waals surface area (Å²) in [5.41, 5.74) is 4.01. The van der Waals surface area contributed by atoms with Crippen molar-refractivity contribution >= 4 is 29.9 Å². The van der Waals surface area contributed by atoms with Gasteiger partial charge in [0.25, 0.3) is 0 Å². The van der Waals surface area contributed by atoms with Crippen molar-refractivity contribution in [3.63, 3.8) is 0 Å². The molecule has 1 aromatic carbocycles. The largest absolute Gasteiger partial charge is 0.356 e. The number of nitrogens with zero attached hydrogens (tertiary/aromatic N) is 4. The maximum Gasteiger partial charge on any atom is 0.190 e. The monoisotopic (exact) mass is 456 g/mol.